The van der Waals surface area contributed by atoms with Crippen molar-refractivity contribution < 1.29 is 22.8 Å². The molecular weight excluding hydrogens is 389 g/mol. The number of carbonyl (C=O) groups is 2. The van der Waals surface area contributed by atoms with Crippen LogP contribution in [0.15, 0.2) is 35.1 Å². The van der Waals surface area contributed by atoms with Gasteiger partial charge in [0.1, 0.15) is 12.2 Å². The SMILES string of the molecule is CC(=O)c1ccc(NC(=O)Cn2c(=O)cc(C(F)(F)F)c3c(C)nn(C)c32)cc1. The van der Waals surface area contributed by atoms with Crippen LogP contribution in [0.5, 0.6) is 0 Å². The Kier molecular flexibility index (Phi) is 5.04. The zero-order valence-corrected chi connectivity index (χ0v) is 15.8. The van der Waals surface area contributed by atoms with Crippen LogP contribution >= 0.6 is 0 Å². The van der Waals surface area contributed by atoms with Gasteiger partial charge in [0, 0.05) is 24.4 Å². The quantitative estimate of drug-likeness (QED) is 0.675. The average molecular weight is 406 g/mol. The smallest absolute Gasteiger partial charge is 0.325 e. The van der Waals surface area contributed by atoms with E-state index in [4.69, 9.17) is 0 Å². The number of aryl methyl sites for hydroxylation is 2. The molecule has 1 aromatic carbocycles. The van der Waals surface area contributed by atoms with E-state index in [1.54, 1.807) is 0 Å². The number of hydrogen-bond donors (Lipinski definition) is 1. The van der Waals surface area contributed by atoms with Crippen molar-refractivity contribution in [3.05, 3.63) is 57.5 Å². The summed E-state index contributed by atoms with van der Waals surface area (Å²) in [5.41, 5.74) is -1.19. The van der Waals surface area contributed by atoms with E-state index in [9.17, 15) is 27.6 Å². The lowest BCUT2D eigenvalue weighted by Crippen LogP contribution is -2.30. The third-order valence-electron chi connectivity index (χ3n) is 4.43. The van der Waals surface area contributed by atoms with E-state index in [1.807, 2.05) is 0 Å². The number of nitrogens with zero attached hydrogens (tertiary/aromatic N) is 3. The van der Waals surface area contributed by atoms with Gasteiger partial charge in [-0.25, -0.2) is 0 Å². The molecule has 0 radical (unpaired) electrons. The van der Waals surface area contributed by atoms with Gasteiger partial charge in [0.2, 0.25) is 5.91 Å². The Morgan fingerprint density at radius 1 is 1.17 bits per heavy atom. The van der Waals surface area contributed by atoms with Crippen LogP contribution in [0, 0.1) is 6.92 Å². The second kappa shape index (κ2) is 7.19. The fraction of sp³-hybridized carbons (Fsp3) is 0.263. The highest BCUT2D eigenvalue weighted by Gasteiger charge is 2.36. The highest BCUT2D eigenvalue weighted by molar-refractivity contribution is 5.96. The molecule has 0 unspecified atom stereocenters. The second-order valence-electron chi connectivity index (χ2n) is 6.57. The Morgan fingerprint density at radius 3 is 2.34 bits per heavy atom. The van der Waals surface area contributed by atoms with Crippen LogP contribution in [0.1, 0.15) is 28.5 Å². The number of benzene rings is 1. The van der Waals surface area contributed by atoms with Gasteiger partial charge in [0.25, 0.3) is 5.56 Å². The first kappa shape index (κ1) is 20.3. The summed E-state index contributed by atoms with van der Waals surface area (Å²) in [4.78, 5) is 36.1. The molecule has 0 spiro atoms. The first-order valence-electron chi connectivity index (χ1n) is 8.54. The molecule has 3 rings (SSSR count). The van der Waals surface area contributed by atoms with Crippen LogP contribution in [0.4, 0.5) is 18.9 Å². The molecule has 0 aliphatic carbocycles. The standard InChI is InChI=1S/C19H17F3N4O3/c1-10-17-14(19(20,21)22)8-16(29)26(18(17)25(3)24-10)9-15(28)23-13-6-4-12(5-7-13)11(2)27/h4-8H,9H2,1-3H3,(H,23,28). The summed E-state index contributed by atoms with van der Waals surface area (Å²) < 4.78 is 42.2. The fourth-order valence-electron chi connectivity index (χ4n) is 3.16. The third kappa shape index (κ3) is 3.91. The molecule has 1 N–H and O–H groups in total. The summed E-state index contributed by atoms with van der Waals surface area (Å²) in [5, 5.41) is 6.31. The Hall–Kier alpha value is -3.43. The minimum Gasteiger partial charge on any atom is -0.325 e. The molecule has 29 heavy (non-hydrogen) atoms. The summed E-state index contributed by atoms with van der Waals surface area (Å²) in [5.74, 6) is -0.740. The molecule has 7 nitrogen and oxygen atoms in total. The Balaban J connectivity index is 1.98. The average Bonchev–Trinajstić information content (AvgIpc) is 2.91. The van der Waals surface area contributed by atoms with Crippen molar-refractivity contribution in [2.45, 2.75) is 26.6 Å². The number of alkyl halides is 3. The van der Waals surface area contributed by atoms with Gasteiger partial charge in [0.05, 0.1) is 16.6 Å². The first-order valence-corrected chi connectivity index (χ1v) is 8.54. The van der Waals surface area contributed by atoms with Crippen LogP contribution in [0.2, 0.25) is 0 Å². The van der Waals surface area contributed by atoms with E-state index in [1.165, 1.54) is 45.2 Å². The van der Waals surface area contributed by atoms with E-state index in [0.29, 0.717) is 17.3 Å². The van der Waals surface area contributed by atoms with Gasteiger partial charge in [-0.3, -0.25) is 23.6 Å². The summed E-state index contributed by atoms with van der Waals surface area (Å²) in [6, 6.07) is 6.59. The molecule has 0 atom stereocenters. The third-order valence-corrected chi connectivity index (χ3v) is 4.43. The maximum Gasteiger partial charge on any atom is 0.417 e. The number of amides is 1. The van der Waals surface area contributed by atoms with Crippen molar-refractivity contribution >= 4 is 28.4 Å². The van der Waals surface area contributed by atoms with Gasteiger partial charge in [-0.2, -0.15) is 18.3 Å². The van der Waals surface area contributed by atoms with Crippen LogP contribution in [-0.4, -0.2) is 26.0 Å². The second-order valence-corrected chi connectivity index (χ2v) is 6.57. The molecular formula is C19H17F3N4O3. The van der Waals surface area contributed by atoms with Crippen LogP contribution in [0.25, 0.3) is 11.0 Å². The monoisotopic (exact) mass is 406 g/mol. The van der Waals surface area contributed by atoms with E-state index in [2.05, 4.69) is 10.4 Å². The number of ketones is 1. The predicted octanol–water partition coefficient (Wildman–Crippen LogP) is 2.90. The number of fused-ring (bicyclic) bond motifs is 1. The maximum atomic E-state index is 13.4. The lowest BCUT2D eigenvalue weighted by atomic mass is 10.1. The van der Waals surface area contributed by atoms with Gasteiger partial charge < -0.3 is 5.32 Å². The van der Waals surface area contributed by atoms with Crippen molar-refractivity contribution in [2.75, 3.05) is 5.32 Å². The molecule has 2 heterocycles. The molecule has 0 saturated carbocycles. The molecule has 0 aliphatic heterocycles. The number of Topliss-reactive ketones (excluding diaryl/α,β-unsaturated/α-hetero) is 1. The van der Waals surface area contributed by atoms with Crippen LogP contribution < -0.4 is 10.9 Å². The molecule has 0 saturated heterocycles. The number of nitrogens with one attached hydrogen (secondary N) is 1. The normalized spacial score (nSPS) is 11.7. The van der Waals surface area contributed by atoms with Crippen molar-refractivity contribution in [3.63, 3.8) is 0 Å². The van der Waals surface area contributed by atoms with Gasteiger partial charge in [-0.05, 0) is 38.1 Å². The largest absolute Gasteiger partial charge is 0.417 e. The topological polar surface area (TPSA) is 86.0 Å². The summed E-state index contributed by atoms with van der Waals surface area (Å²) in [6.45, 7) is 2.32. The number of anilines is 1. The van der Waals surface area contributed by atoms with Crippen molar-refractivity contribution in [1.29, 1.82) is 0 Å². The summed E-state index contributed by atoms with van der Waals surface area (Å²) in [6.07, 6.45) is -4.73. The van der Waals surface area contributed by atoms with Crippen molar-refractivity contribution in [2.24, 2.45) is 7.05 Å². The molecule has 0 bridgehead atoms. The fourth-order valence-corrected chi connectivity index (χ4v) is 3.16. The molecule has 3 aromatic rings. The van der Waals surface area contributed by atoms with Crippen molar-refractivity contribution in [3.8, 4) is 0 Å². The summed E-state index contributed by atoms with van der Waals surface area (Å²) >= 11 is 0. The highest BCUT2D eigenvalue weighted by atomic mass is 19.4. The maximum absolute atomic E-state index is 13.4. The molecule has 2 aromatic heterocycles. The number of rotatable bonds is 4. The van der Waals surface area contributed by atoms with E-state index in [0.717, 1.165) is 9.25 Å². The minimum absolute atomic E-state index is 0.0931. The van der Waals surface area contributed by atoms with Gasteiger partial charge >= 0.3 is 6.18 Å². The predicted molar refractivity (Wildman–Crippen MR) is 99.8 cm³/mol. The minimum atomic E-state index is -4.73. The van der Waals surface area contributed by atoms with E-state index < -0.39 is 29.8 Å². The number of aromatic nitrogens is 3. The lowest BCUT2D eigenvalue weighted by Gasteiger charge is -2.14. The first-order chi connectivity index (χ1) is 13.5. The number of hydrogen-bond acceptors (Lipinski definition) is 4. The van der Waals surface area contributed by atoms with Gasteiger partial charge in [-0.15, -0.1) is 0 Å². The van der Waals surface area contributed by atoms with E-state index in [-0.39, 0.29) is 22.5 Å². The van der Waals surface area contributed by atoms with Gasteiger partial charge in [0.15, 0.2) is 5.78 Å². The van der Waals surface area contributed by atoms with Crippen LogP contribution in [0.3, 0.4) is 0 Å². The Morgan fingerprint density at radius 2 is 1.79 bits per heavy atom. The Labute approximate surface area is 162 Å². The summed E-state index contributed by atoms with van der Waals surface area (Å²) in [7, 11) is 1.41. The van der Waals surface area contributed by atoms with E-state index >= 15 is 0 Å². The molecule has 10 heteroatoms. The number of pyridine rings is 1. The molecule has 0 aliphatic rings. The molecule has 0 fully saturated rings. The zero-order valence-electron chi connectivity index (χ0n) is 15.8. The number of halogens is 3. The van der Waals surface area contributed by atoms with Crippen molar-refractivity contribution in [1.82, 2.24) is 14.3 Å². The zero-order chi connectivity index (χ0) is 21.5. The lowest BCUT2D eigenvalue weighted by molar-refractivity contribution is -0.136. The highest BCUT2D eigenvalue weighted by Crippen LogP contribution is 2.35. The van der Waals surface area contributed by atoms with Crippen LogP contribution in [-0.2, 0) is 24.6 Å². The number of carbonyl (C=O) groups excluding carboxylic acids is 2. The molecule has 152 valence electrons. The Bertz CT molecular complexity index is 1170. The van der Waals surface area contributed by atoms with Gasteiger partial charge in [-0.1, -0.05) is 0 Å². The molecule has 1 amide bonds.